The number of halogens is 1. The van der Waals surface area contributed by atoms with Crippen LogP contribution in [0.2, 0.25) is 0 Å². The zero-order chi connectivity index (χ0) is 24.3. The number of benzene rings is 2. The molecule has 4 rings (SSSR count). The van der Waals surface area contributed by atoms with E-state index in [1.165, 1.54) is 28.6 Å². The maximum atomic E-state index is 13.3. The molecule has 0 aromatic heterocycles. The van der Waals surface area contributed by atoms with Crippen LogP contribution in [-0.2, 0) is 14.8 Å². The first kappa shape index (κ1) is 24.2. The summed E-state index contributed by atoms with van der Waals surface area (Å²) < 4.78 is 41.1. The maximum Gasteiger partial charge on any atom is 0.254 e. The van der Waals surface area contributed by atoms with E-state index in [1.807, 2.05) is 11.8 Å². The van der Waals surface area contributed by atoms with Crippen LogP contribution in [-0.4, -0.2) is 86.7 Å². The average molecular weight is 489 g/mol. The van der Waals surface area contributed by atoms with Crippen LogP contribution in [0.3, 0.4) is 0 Å². The Kier molecular flexibility index (Phi) is 7.18. The SMILES string of the molecule is CCC(=O)N1CCN(C(=O)c2cccc(S(=O)(=O)N3CCN(c4ccc(F)cc4)CC3)c2)CC1. The second-order valence-corrected chi connectivity index (χ2v) is 10.4. The third-order valence-corrected chi connectivity index (χ3v) is 8.27. The molecule has 2 saturated heterocycles. The minimum absolute atomic E-state index is 0.0692. The Hall–Kier alpha value is -2.98. The molecule has 2 fully saturated rings. The summed E-state index contributed by atoms with van der Waals surface area (Å²) in [5, 5.41) is 0. The van der Waals surface area contributed by atoms with Gasteiger partial charge in [-0.05, 0) is 42.5 Å². The molecule has 0 unspecified atom stereocenters. The first-order chi connectivity index (χ1) is 16.3. The summed E-state index contributed by atoms with van der Waals surface area (Å²) in [5.41, 5.74) is 1.17. The van der Waals surface area contributed by atoms with Crippen molar-refractivity contribution in [3.05, 3.63) is 59.9 Å². The van der Waals surface area contributed by atoms with E-state index in [0.29, 0.717) is 64.3 Å². The molecule has 0 bridgehead atoms. The van der Waals surface area contributed by atoms with Crippen molar-refractivity contribution < 1.29 is 22.4 Å². The smallest absolute Gasteiger partial charge is 0.254 e. The normalized spacial score (nSPS) is 17.6. The highest BCUT2D eigenvalue weighted by Crippen LogP contribution is 2.23. The molecule has 0 radical (unpaired) electrons. The minimum Gasteiger partial charge on any atom is -0.369 e. The number of amides is 2. The Labute approximate surface area is 199 Å². The quantitative estimate of drug-likeness (QED) is 0.644. The van der Waals surface area contributed by atoms with Crippen LogP contribution >= 0.6 is 0 Å². The summed E-state index contributed by atoms with van der Waals surface area (Å²) in [5.74, 6) is -0.475. The Morgan fingerprint density at radius 1 is 0.853 bits per heavy atom. The molecule has 2 aliphatic rings. The van der Waals surface area contributed by atoms with Gasteiger partial charge in [0.05, 0.1) is 4.90 Å². The lowest BCUT2D eigenvalue weighted by Gasteiger charge is -2.35. The fourth-order valence-electron chi connectivity index (χ4n) is 4.34. The van der Waals surface area contributed by atoms with Crippen LogP contribution in [0.25, 0.3) is 0 Å². The van der Waals surface area contributed by atoms with Crippen molar-refractivity contribution in [1.82, 2.24) is 14.1 Å². The van der Waals surface area contributed by atoms with Gasteiger partial charge < -0.3 is 14.7 Å². The maximum absolute atomic E-state index is 13.3. The number of hydrogen-bond acceptors (Lipinski definition) is 5. The summed E-state index contributed by atoms with van der Waals surface area (Å²) in [7, 11) is -3.76. The Morgan fingerprint density at radius 3 is 2.09 bits per heavy atom. The number of carbonyl (C=O) groups is 2. The van der Waals surface area contributed by atoms with Crippen LogP contribution in [0.15, 0.2) is 53.4 Å². The second kappa shape index (κ2) is 10.1. The van der Waals surface area contributed by atoms with E-state index in [1.54, 1.807) is 34.1 Å². The van der Waals surface area contributed by atoms with E-state index in [9.17, 15) is 22.4 Å². The van der Waals surface area contributed by atoms with Gasteiger partial charge in [-0.1, -0.05) is 13.0 Å². The molecule has 2 aliphatic heterocycles. The van der Waals surface area contributed by atoms with E-state index >= 15 is 0 Å². The molecule has 0 atom stereocenters. The molecule has 0 saturated carbocycles. The number of piperazine rings is 2. The fraction of sp³-hybridized carbons (Fsp3) is 0.417. The third-order valence-electron chi connectivity index (χ3n) is 6.37. The molecule has 0 N–H and O–H groups in total. The molecule has 34 heavy (non-hydrogen) atoms. The highest BCUT2D eigenvalue weighted by molar-refractivity contribution is 7.89. The van der Waals surface area contributed by atoms with Crippen LogP contribution in [0.5, 0.6) is 0 Å². The molecular weight excluding hydrogens is 459 g/mol. The lowest BCUT2D eigenvalue weighted by Crippen LogP contribution is -2.50. The number of carbonyl (C=O) groups excluding carboxylic acids is 2. The average Bonchev–Trinajstić information content (AvgIpc) is 2.88. The summed E-state index contributed by atoms with van der Waals surface area (Å²) in [4.78, 5) is 30.4. The van der Waals surface area contributed by atoms with Gasteiger partial charge in [0.2, 0.25) is 15.9 Å². The molecular formula is C24H29FN4O4S. The molecule has 0 aliphatic carbocycles. The van der Waals surface area contributed by atoms with E-state index in [0.717, 1.165) is 5.69 Å². The van der Waals surface area contributed by atoms with Crippen molar-refractivity contribution in [3.63, 3.8) is 0 Å². The number of rotatable bonds is 5. The zero-order valence-electron chi connectivity index (χ0n) is 19.2. The van der Waals surface area contributed by atoms with Gasteiger partial charge in [0, 0.05) is 70.0 Å². The van der Waals surface area contributed by atoms with Gasteiger partial charge in [-0.25, -0.2) is 12.8 Å². The van der Waals surface area contributed by atoms with Gasteiger partial charge in [-0.2, -0.15) is 4.31 Å². The Balaban J connectivity index is 1.41. The highest BCUT2D eigenvalue weighted by atomic mass is 32.2. The van der Waals surface area contributed by atoms with Crippen LogP contribution in [0, 0.1) is 5.82 Å². The molecule has 0 spiro atoms. The number of sulfonamides is 1. The lowest BCUT2D eigenvalue weighted by molar-refractivity contribution is -0.132. The molecule has 2 aromatic carbocycles. The summed E-state index contributed by atoms with van der Waals surface area (Å²) in [6.45, 7) is 5.20. The van der Waals surface area contributed by atoms with Crippen molar-refractivity contribution in [3.8, 4) is 0 Å². The predicted octanol–water partition coefficient (Wildman–Crippen LogP) is 2.03. The largest absolute Gasteiger partial charge is 0.369 e. The topological polar surface area (TPSA) is 81.2 Å². The molecule has 2 heterocycles. The van der Waals surface area contributed by atoms with Gasteiger partial charge in [0.25, 0.3) is 5.91 Å². The van der Waals surface area contributed by atoms with Gasteiger partial charge in [-0.15, -0.1) is 0 Å². The first-order valence-electron chi connectivity index (χ1n) is 11.5. The van der Waals surface area contributed by atoms with Crippen molar-refractivity contribution in [2.24, 2.45) is 0 Å². The Bertz CT molecular complexity index is 1140. The van der Waals surface area contributed by atoms with E-state index in [2.05, 4.69) is 0 Å². The van der Waals surface area contributed by atoms with Crippen molar-refractivity contribution in [1.29, 1.82) is 0 Å². The van der Waals surface area contributed by atoms with Gasteiger partial charge in [0.1, 0.15) is 5.82 Å². The summed E-state index contributed by atoms with van der Waals surface area (Å²) in [6, 6.07) is 12.3. The van der Waals surface area contributed by atoms with Crippen molar-refractivity contribution in [2.75, 3.05) is 57.3 Å². The number of hydrogen-bond donors (Lipinski definition) is 0. The van der Waals surface area contributed by atoms with Gasteiger partial charge in [-0.3, -0.25) is 9.59 Å². The standard InChI is InChI=1S/C24H29FN4O4S/c1-2-23(30)27-10-12-28(13-11-27)24(31)19-4-3-5-22(18-19)34(32,33)29-16-14-26(15-17-29)21-8-6-20(25)7-9-21/h3-9,18H,2,10-17H2,1H3. The van der Waals surface area contributed by atoms with E-state index in [-0.39, 0.29) is 22.5 Å². The fourth-order valence-corrected chi connectivity index (χ4v) is 5.81. The van der Waals surface area contributed by atoms with Crippen molar-refractivity contribution in [2.45, 2.75) is 18.2 Å². The van der Waals surface area contributed by atoms with Crippen LogP contribution in [0.4, 0.5) is 10.1 Å². The predicted molar refractivity (Wildman–Crippen MR) is 127 cm³/mol. The van der Waals surface area contributed by atoms with Gasteiger partial charge >= 0.3 is 0 Å². The molecule has 2 aromatic rings. The van der Waals surface area contributed by atoms with Crippen LogP contribution in [0.1, 0.15) is 23.7 Å². The van der Waals surface area contributed by atoms with E-state index < -0.39 is 10.0 Å². The van der Waals surface area contributed by atoms with Gasteiger partial charge in [0.15, 0.2) is 0 Å². The Morgan fingerprint density at radius 2 is 1.47 bits per heavy atom. The molecule has 182 valence electrons. The van der Waals surface area contributed by atoms with Crippen LogP contribution < -0.4 is 4.90 Å². The number of nitrogens with zero attached hydrogens (tertiary/aromatic N) is 4. The monoisotopic (exact) mass is 488 g/mol. The third kappa shape index (κ3) is 5.07. The second-order valence-electron chi connectivity index (χ2n) is 8.42. The minimum atomic E-state index is -3.76. The molecule has 2 amide bonds. The zero-order valence-corrected chi connectivity index (χ0v) is 20.0. The van der Waals surface area contributed by atoms with Crippen molar-refractivity contribution >= 4 is 27.5 Å². The lowest BCUT2D eigenvalue weighted by atomic mass is 10.2. The van der Waals surface area contributed by atoms with E-state index in [4.69, 9.17) is 0 Å². The number of anilines is 1. The molecule has 10 heteroatoms. The molecule has 8 nitrogen and oxygen atoms in total. The summed E-state index contributed by atoms with van der Waals surface area (Å²) in [6.07, 6.45) is 0.437. The first-order valence-corrected chi connectivity index (χ1v) is 12.9. The summed E-state index contributed by atoms with van der Waals surface area (Å²) >= 11 is 0. The highest BCUT2D eigenvalue weighted by Gasteiger charge is 2.30.